The quantitative estimate of drug-likeness (QED) is 0.784. The number of hydrogen-bond acceptors (Lipinski definition) is 4. The first kappa shape index (κ1) is 13.8. The van der Waals surface area contributed by atoms with Gasteiger partial charge in [-0.2, -0.15) is 0 Å². The summed E-state index contributed by atoms with van der Waals surface area (Å²) in [6.07, 6.45) is 2.16. The topological polar surface area (TPSA) is 51.8 Å². The van der Waals surface area contributed by atoms with Crippen LogP contribution in [-0.2, 0) is 6.42 Å². The Morgan fingerprint density at radius 2 is 2.05 bits per heavy atom. The number of hydrogen-bond donors (Lipinski definition) is 1. The Labute approximate surface area is 130 Å². The number of nitrogens with two attached hydrogens (primary N) is 1. The Hall–Kier alpha value is -1.20. The number of aromatic nitrogens is 2. The Morgan fingerprint density at radius 3 is 2.80 bits per heavy atom. The molecule has 0 saturated carbocycles. The lowest BCUT2D eigenvalue weighted by Gasteiger charge is -2.11. The second-order valence-electron chi connectivity index (χ2n) is 4.41. The van der Waals surface area contributed by atoms with Gasteiger partial charge in [0.1, 0.15) is 0 Å². The second-order valence-corrected chi connectivity index (χ2v) is 6.37. The van der Waals surface area contributed by atoms with Gasteiger partial charge in [-0.25, -0.2) is 4.98 Å². The van der Waals surface area contributed by atoms with Crippen molar-refractivity contribution >= 4 is 44.8 Å². The van der Waals surface area contributed by atoms with Gasteiger partial charge >= 0.3 is 0 Å². The van der Waals surface area contributed by atoms with E-state index in [-0.39, 0.29) is 6.04 Å². The van der Waals surface area contributed by atoms with Gasteiger partial charge in [0.15, 0.2) is 0 Å². The fourth-order valence-corrected chi connectivity index (χ4v) is 3.54. The molecule has 0 aliphatic rings. The van der Waals surface area contributed by atoms with Crippen LogP contribution in [0, 0.1) is 0 Å². The number of rotatable bonds is 3. The highest BCUT2D eigenvalue weighted by atomic mass is 35.5. The largest absolute Gasteiger partial charge is 0.322 e. The van der Waals surface area contributed by atoms with E-state index in [4.69, 9.17) is 28.9 Å². The molecule has 0 amide bonds. The van der Waals surface area contributed by atoms with E-state index >= 15 is 0 Å². The van der Waals surface area contributed by atoms with Gasteiger partial charge in [-0.1, -0.05) is 35.3 Å². The zero-order chi connectivity index (χ0) is 14.1. The third kappa shape index (κ3) is 2.79. The molecule has 3 aromatic rings. The predicted molar refractivity (Wildman–Crippen MR) is 84.5 cm³/mol. The third-order valence-electron chi connectivity index (χ3n) is 2.92. The zero-order valence-electron chi connectivity index (χ0n) is 10.4. The molecule has 102 valence electrons. The summed E-state index contributed by atoms with van der Waals surface area (Å²) in [6.45, 7) is 0. The highest BCUT2D eigenvalue weighted by Crippen LogP contribution is 2.28. The number of para-hydroxylation sites is 1. The molecule has 0 saturated heterocycles. The van der Waals surface area contributed by atoms with Crippen molar-refractivity contribution in [3.05, 3.63) is 57.3 Å². The van der Waals surface area contributed by atoms with E-state index in [2.05, 4.69) is 16.0 Å². The number of benzene rings is 1. The molecular weight excluding hydrogens is 313 g/mol. The lowest BCUT2D eigenvalue weighted by molar-refractivity contribution is 0.694. The number of pyridine rings is 1. The van der Waals surface area contributed by atoms with E-state index in [1.54, 1.807) is 23.6 Å². The molecule has 1 aromatic carbocycles. The molecule has 1 atom stereocenters. The van der Waals surface area contributed by atoms with Gasteiger partial charge < -0.3 is 5.73 Å². The maximum absolute atomic E-state index is 6.18. The van der Waals surface area contributed by atoms with Gasteiger partial charge in [-0.15, -0.1) is 11.3 Å². The number of fused-ring (bicyclic) bond motifs is 1. The first-order valence-corrected chi connectivity index (χ1v) is 7.61. The summed E-state index contributed by atoms with van der Waals surface area (Å²) < 4.78 is 1.16. The standard InChI is InChI=1S/C14H11Cl2N3S/c15-8-5-9(16)14(18-7-8)10(17)6-13-19-11-3-1-2-4-12(11)20-13/h1-5,7,10H,6,17H2. The monoisotopic (exact) mass is 323 g/mol. The minimum absolute atomic E-state index is 0.291. The van der Waals surface area contributed by atoms with Crippen LogP contribution < -0.4 is 5.73 Å². The van der Waals surface area contributed by atoms with Gasteiger partial charge in [0.2, 0.25) is 0 Å². The van der Waals surface area contributed by atoms with Gasteiger partial charge in [0, 0.05) is 12.6 Å². The van der Waals surface area contributed by atoms with Gasteiger partial charge in [0.25, 0.3) is 0 Å². The van der Waals surface area contributed by atoms with Crippen LogP contribution in [0.1, 0.15) is 16.7 Å². The normalized spacial score (nSPS) is 12.8. The maximum Gasteiger partial charge on any atom is 0.0958 e. The van der Waals surface area contributed by atoms with Crippen LogP contribution in [0.3, 0.4) is 0 Å². The summed E-state index contributed by atoms with van der Waals surface area (Å²) in [5.74, 6) is 0. The maximum atomic E-state index is 6.18. The highest BCUT2D eigenvalue weighted by Gasteiger charge is 2.15. The van der Waals surface area contributed by atoms with Crippen LogP contribution in [0.15, 0.2) is 36.5 Å². The summed E-state index contributed by atoms with van der Waals surface area (Å²) in [5, 5.41) is 1.98. The van der Waals surface area contributed by atoms with Gasteiger partial charge in [-0.3, -0.25) is 4.98 Å². The van der Waals surface area contributed by atoms with Crippen molar-refractivity contribution in [3.8, 4) is 0 Å². The molecule has 0 bridgehead atoms. The lowest BCUT2D eigenvalue weighted by Crippen LogP contribution is -2.15. The molecule has 2 N–H and O–H groups in total. The van der Waals surface area contributed by atoms with E-state index in [0.717, 1.165) is 15.2 Å². The minimum atomic E-state index is -0.291. The fourth-order valence-electron chi connectivity index (χ4n) is 1.99. The highest BCUT2D eigenvalue weighted by molar-refractivity contribution is 7.18. The first-order chi connectivity index (χ1) is 9.63. The lowest BCUT2D eigenvalue weighted by atomic mass is 10.1. The van der Waals surface area contributed by atoms with Crippen molar-refractivity contribution < 1.29 is 0 Å². The van der Waals surface area contributed by atoms with Crippen molar-refractivity contribution in [2.45, 2.75) is 12.5 Å². The number of halogens is 2. The Morgan fingerprint density at radius 1 is 1.25 bits per heavy atom. The molecule has 3 rings (SSSR count). The van der Waals surface area contributed by atoms with Gasteiger partial charge in [0.05, 0.1) is 37.0 Å². The summed E-state index contributed by atoms with van der Waals surface area (Å²) in [7, 11) is 0. The van der Waals surface area contributed by atoms with E-state index in [1.807, 2.05) is 18.2 Å². The van der Waals surface area contributed by atoms with Crippen molar-refractivity contribution in [3.63, 3.8) is 0 Å². The molecule has 0 spiro atoms. The van der Waals surface area contributed by atoms with Crippen molar-refractivity contribution in [1.29, 1.82) is 0 Å². The van der Waals surface area contributed by atoms with Crippen LogP contribution in [0.25, 0.3) is 10.2 Å². The first-order valence-electron chi connectivity index (χ1n) is 6.04. The fraction of sp³-hybridized carbons (Fsp3) is 0.143. The Kier molecular flexibility index (Phi) is 3.89. The summed E-state index contributed by atoms with van der Waals surface area (Å²) in [5.41, 5.74) is 7.82. The van der Waals surface area contributed by atoms with E-state index in [0.29, 0.717) is 22.2 Å². The second kappa shape index (κ2) is 5.66. The Balaban J connectivity index is 1.86. The molecule has 0 aliphatic carbocycles. The predicted octanol–water partition coefficient (Wildman–Crippen LogP) is 4.24. The molecular formula is C14H11Cl2N3S. The number of nitrogens with zero attached hydrogens (tertiary/aromatic N) is 2. The molecule has 3 nitrogen and oxygen atoms in total. The molecule has 0 aliphatic heterocycles. The molecule has 0 radical (unpaired) electrons. The van der Waals surface area contributed by atoms with E-state index < -0.39 is 0 Å². The van der Waals surface area contributed by atoms with Gasteiger partial charge in [-0.05, 0) is 18.2 Å². The molecule has 6 heteroatoms. The molecule has 1 unspecified atom stereocenters. The zero-order valence-corrected chi connectivity index (χ0v) is 12.7. The Bertz CT molecular complexity index is 724. The molecule has 2 heterocycles. The van der Waals surface area contributed by atoms with Crippen molar-refractivity contribution in [1.82, 2.24) is 9.97 Å². The molecule has 20 heavy (non-hydrogen) atoms. The third-order valence-corrected chi connectivity index (χ3v) is 4.49. The minimum Gasteiger partial charge on any atom is -0.322 e. The van der Waals surface area contributed by atoms with Crippen LogP contribution >= 0.6 is 34.5 Å². The summed E-state index contributed by atoms with van der Waals surface area (Å²) in [4.78, 5) is 8.78. The molecule has 0 fully saturated rings. The van der Waals surface area contributed by atoms with Crippen LogP contribution in [0.2, 0.25) is 10.0 Å². The summed E-state index contributed by atoms with van der Waals surface area (Å²) >= 11 is 13.6. The average Bonchev–Trinajstić information content (AvgIpc) is 2.80. The van der Waals surface area contributed by atoms with Crippen LogP contribution in [0.4, 0.5) is 0 Å². The van der Waals surface area contributed by atoms with Crippen LogP contribution in [-0.4, -0.2) is 9.97 Å². The van der Waals surface area contributed by atoms with E-state index in [1.165, 1.54) is 0 Å². The van der Waals surface area contributed by atoms with Crippen LogP contribution in [0.5, 0.6) is 0 Å². The smallest absolute Gasteiger partial charge is 0.0958 e. The summed E-state index contributed by atoms with van der Waals surface area (Å²) in [6, 6.07) is 9.39. The number of thiazole rings is 1. The average molecular weight is 324 g/mol. The van der Waals surface area contributed by atoms with E-state index in [9.17, 15) is 0 Å². The SMILES string of the molecule is NC(Cc1nc2ccccc2s1)c1ncc(Cl)cc1Cl. The molecule has 2 aromatic heterocycles. The van der Waals surface area contributed by atoms with Crippen molar-refractivity contribution in [2.24, 2.45) is 5.73 Å². The van der Waals surface area contributed by atoms with Crippen molar-refractivity contribution in [2.75, 3.05) is 0 Å².